The SMILES string of the molecule is CCc1cc(CC)cc(NC(=O)N([O-])S(=O)(=O)N(c2cnn(C)c2)C2CCN(C)CC2)c1. The molecule has 2 heterocycles. The van der Waals surface area contributed by atoms with Gasteiger partial charge < -0.3 is 15.4 Å². The molecule has 1 aliphatic heterocycles. The van der Waals surface area contributed by atoms with Gasteiger partial charge in [0.2, 0.25) is 0 Å². The van der Waals surface area contributed by atoms with Gasteiger partial charge in [-0.05, 0) is 69.1 Å². The lowest BCUT2D eigenvalue weighted by molar-refractivity contribution is 0.242. The van der Waals surface area contributed by atoms with E-state index in [1.807, 2.05) is 27.0 Å². The minimum absolute atomic E-state index is 0.261. The quantitative estimate of drug-likeness (QED) is 0.632. The van der Waals surface area contributed by atoms with Gasteiger partial charge in [-0.3, -0.25) is 9.15 Å². The number of urea groups is 1. The average molecular weight is 464 g/mol. The first-order valence-electron chi connectivity index (χ1n) is 10.8. The van der Waals surface area contributed by atoms with Gasteiger partial charge in [-0.2, -0.15) is 13.5 Å². The molecule has 0 radical (unpaired) electrons. The van der Waals surface area contributed by atoms with E-state index in [0.717, 1.165) is 28.3 Å². The number of aryl methyl sites for hydroxylation is 3. The van der Waals surface area contributed by atoms with Crippen molar-refractivity contribution in [3.05, 3.63) is 46.9 Å². The Labute approximate surface area is 189 Å². The summed E-state index contributed by atoms with van der Waals surface area (Å²) in [6, 6.07) is 3.81. The minimum Gasteiger partial charge on any atom is -0.740 e. The zero-order valence-corrected chi connectivity index (χ0v) is 19.8. The van der Waals surface area contributed by atoms with Crippen molar-refractivity contribution in [2.45, 2.75) is 45.6 Å². The zero-order valence-electron chi connectivity index (χ0n) is 19.0. The lowest BCUT2D eigenvalue weighted by Gasteiger charge is -2.41. The smallest absolute Gasteiger partial charge is 0.326 e. The highest BCUT2D eigenvalue weighted by molar-refractivity contribution is 7.91. The van der Waals surface area contributed by atoms with Crippen molar-refractivity contribution < 1.29 is 13.2 Å². The summed E-state index contributed by atoms with van der Waals surface area (Å²) in [5.41, 5.74) is 2.64. The van der Waals surface area contributed by atoms with E-state index in [1.54, 1.807) is 19.2 Å². The van der Waals surface area contributed by atoms with Crippen LogP contribution in [-0.4, -0.2) is 59.8 Å². The largest absolute Gasteiger partial charge is 0.740 e. The highest BCUT2D eigenvalue weighted by Crippen LogP contribution is 2.28. The third-order valence-corrected chi connectivity index (χ3v) is 7.30. The molecule has 1 N–H and O–H groups in total. The number of hydroxylamine groups is 1. The number of rotatable bonds is 7. The Bertz CT molecular complexity index is 1020. The van der Waals surface area contributed by atoms with Crippen molar-refractivity contribution in [3.63, 3.8) is 0 Å². The van der Waals surface area contributed by atoms with E-state index in [2.05, 4.69) is 15.3 Å². The molecule has 0 atom stereocenters. The van der Waals surface area contributed by atoms with Crippen LogP contribution in [0.2, 0.25) is 0 Å². The number of likely N-dealkylation sites (tertiary alicyclic amines) is 1. The molecule has 1 aromatic heterocycles. The van der Waals surface area contributed by atoms with Gasteiger partial charge in [0.1, 0.15) is 0 Å². The van der Waals surface area contributed by atoms with Gasteiger partial charge >= 0.3 is 16.2 Å². The molecule has 2 aromatic rings. The van der Waals surface area contributed by atoms with Gasteiger partial charge in [0.05, 0.1) is 11.9 Å². The maximum absolute atomic E-state index is 13.3. The third kappa shape index (κ3) is 5.22. The van der Waals surface area contributed by atoms with Crippen LogP contribution in [0.3, 0.4) is 0 Å². The Morgan fingerprint density at radius 3 is 2.25 bits per heavy atom. The maximum Gasteiger partial charge on any atom is 0.326 e. The van der Waals surface area contributed by atoms with E-state index in [-0.39, 0.29) is 5.69 Å². The monoisotopic (exact) mass is 463 g/mol. The second-order valence-corrected chi connectivity index (χ2v) is 9.73. The minimum atomic E-state index is -4.68. The van der Waals surface area contributed by atoms with Crippen molar-refractivity contribution >= 4 is 27.6 Å². The number of hydrogen-bond donors (Lipinski definition) is 1. The summed E-state index contributed by atoms with van der Waals surface area (Å²) >= 11 is 0. The zero-order chi connectivity index (χ0) is 23.5. The number of hydrogen-bond acceptors (Lipinski definition) is 6. The summed E-state index contributed by atoms with van der Waals surface area (Å²) in [4.78, 5) is 14.8. The maximum atomic E-state index is 13.3. The van der Waals surface area contributed by atoms with E-state index in [4.69, 9.17) is 0 Å². The van der Waals surface area contributed by atoms with Crippen molar-refractivity contribution in [1.82, 2.24) is 19.1 Å². The summed E-state index contributed by atoms with van der Waals surface area (Å²) in [5, 5.41) is 19.4. The van der Waals surface area contributed by atoms with Crippen LogP contribution in [0.1, 0.15) is 37.8 Å². The Morgan fingerprint density at radius 2 is 1.75 bits per heavy atom. The molecule has 0 saturated carbocycles. The number of anilines is 2. The number of carbonyl (C=O) groups excluding carboxylic acids is 1. The van der Waals surface area contributed by atoms with Crippen LogP contribution in [0.4, 0.5) is 16.2 Å². The first kappa shape index (κ1) is 24.0. The van der Waals surface area contributed by atoms with E-state index >= 15 is 0 Å². The number of aromatic nitrogens is 2. The predicted molar refractivity (Wildman–Crippen MR) is 125 cm³/mol. The molecule has 2 amide bonds. The van der Waals surface area contributed by atoms with Gasteiger partial charge in [0.25, 0.3) is 0 Å². The Hall–Kier alpha value is -2.63. The normalized spacial score (nSPS) is 15.5. The Balaban J connectivity index is 1.88. The summed E-state index contributed by atoms with van der Waals surface area (Å²) in [5.74, 6) is 0. The number of amides is 2. The van der Waals surface area contributed by atoms with Crippen LogP contribution in [0, 0.1) is 5.21 Å². The fourth-order valence-electron chi connectivity index (χ4n) is 3.88. The Morgan fingerprint density at radius 1 is 1.16 bits per heavy atom. The van der Waals surface area contributed by atoms with E-state index in [9.17, 15) is 18.4 Å². The number of benzene rings is 1. The van der Waals surface area contributed by atoms with Gasteiger partial charge in [-0.25, -0.2) is 9.10 Å². The molecule has 1 aliphatic rings. The van der Waals surface area contributed by atoms with Crippen LogP contribution in [-0.2, 0) is 30.1 Å². The van der Waals surface area contributed by atoms with Crippen LogP contribution in [0.25, 0.3) is 0 Å². The lowest BCUT2D eigenvalue weighted by Crippen LogP contribution is -2.52. The molecule has 0 unspecified atom stereocenters. The standard InChI is InChI=1S/C21H31N6O4S/c1-5-16-11-17(6-2)13-18(12-16)23-21(28)27(29)32(30,31)26(20-14-22-25(4)15-20)19-7-9-24(3)10-8-19/h11-15,19H,5-10H2,1-4H3,(H,23,28)/q-1. The highest BCUT2D eigenvalue weighted by Gasteiger charge is 2.36. The number of nitrogens with one attached hydrogen (secondary N) is 1. The van der Waals surface area contributed by atoms with Gasteiger partial charge in [-0.1, -0.05) is 19.9 Å². The fourth-order valence-corrected chi connectivity index (χ4v) is 5.24. The Kier molecular flexibility index (Phi) is 7.42. The second-order valence-electron chi connectivity index (χ2n) is 8.11. The summed E-state index contributed by atoms with van der Waals surface area (Å²) in [6.45, 7) is 5.34. The molecule has 1 fully saturated rings. The third-order valence-electron chi connectivity index (χ3n) is 5.71. The molecule has 0 spiro atoms. The predicted octanol–water partition coefficient (Wildman–Crippen LogP) is 2.72. The molecule has 1 saturated heterocycles. The molecule has 176 valence electrons. The second kappa shape index (κ2) is 9.88. The van der Waals surface area contributed by atoms with E-state index in [1.165, 1.54) is 17.1 Å². The van der Waals surface area contributed by atoms with Crippen molar-refractivity contribution in [2.75, 3.05) is 29.8 Å². The van der Waals surface area contributed by atoms with E-state index in [0.29, 0.717) is 31.6 Å². The van der Waals surface area contributed by atoms with Gasteiger partial charge in [0, 0.05) is 25.0 Å². The van der Waals surface area contributed by atoms with Gasteiger partial charge in [0.15, 0.2) is 0 Å². The molecule has 0 aliphatic carbocycles. The number of carbonyl (C=O) groups is 1. The summed E-state index contributed by atoms with van der Waals surface area (Å²) in [6.07, 6.45) is 5.50. The summed E-state index contributed by atoms with van der Waals surface area (Å²) < 4.78 is 28.7. The average Bonchev–Trinajstić information content (AvgIpc) is 3.19. The molecule has 10 nitrogen and oxygen atoms in total. The fraction of sp³-hybridized carbons (Fsp3) is 0.524. The van der Waals surface area contributed by atoms with Crippen molar-refractivity contribution in [3.8, 4) is 0 Å². The van der Waals surface area contributed by atoms with E-state index < -0.39 is 26.8 Å². The molecule has 0 bridgehead atoms. The number of piperidine rings is 1. The summed E-state index contributed by atoms with van der Waals surface area (Å²) in [7, 11) is -1.06. The molecule has 1 aromatic carbocycles. The molecule has 11 heteroatoms. The molecular weight excluding hydrogens is 432 g/mol. The number of nitrogens with zero attached hydrogens (tertiary/aromatic N) is 5. The van der Waals surface area contributed by atoms with Crippen LogP contribution in [0.5, 0.6) is 0 Å². The van der Waals surface area contributed by atoms with Crippen LogP contribution in [0.15, 0.2) is 30.6 Å². The molecular formula is C21H31N6O4S-. The molecule has 32 heavy (non-hydrogen) atoms. The van der Waals surface area contributed by atoms with Crippen LogP contribution >= 0.6 is 0 Å². The first-order valence-corrected chi connectivity index (χ1v) is 12.2. The van der Waals surface area contributed by atoms with Crippen LogP contribution < -0.4 is 9.62 Å². The first-order chi connectivity index (χ1) is 15.1. The molecule has 3 rings (SSSR count). The highest BCUT2D eigenvalue weighted by atomic mass is 32.2. The van der Waals surface area contributed by atoms with Gasteiger partial charge in [-0.15, -0.1) is 0 Å². The van der Waals surface area contributed by atoms with Crippen molar-refractivity contribution in [1.29, 1.82) is 0 Å². The lowest BCUT2D eigenvalue weighted by atomic mass is 10.1. The topological polar surface area (TPSA) is 114 Å². The van der Waals surface area contributed by atoms with Crippen molar-refractivity contribution in [2.24, 2.45) is 7.05 Å².